The summed E-state index contributed by atoms with van der Waals surface area (Å²) in [4.78, 5) is 0. The summed E-state index contributed by atoms with van der Waals surface area (Å²) in [5.74, 6) is 2.24. The molecule has 1 heteroatoms. The maximum atomic E-state index is 2.37. The van der Waals surface area contributed by atoms with Crippen molar-refractivity contribution in [3.63, 3.8) is 0 Å². The van der Waals surface area contributed by atoms with Crippen LogP contribution in [-0.4, -0.2) is 11.0 Å². The third-order valence-electron chi connectivity index (χ3n) is 2.39. The van der Waals surface area contributed by atoms with Gasteiger partial charge in [0.1, 0.15) is 0 Å². The van der Waals surface area contributed by atoms with E-state index in [1.807, 2.05) is 0 Å². The highest BCUT2D eigenvalue weighted by Crippen LogP contribution is 2.23. The van der Waals surface area contributed by atoms with E-state index < -0.39 is 0 Å². The first-order chi connectivity index (χ1) is 5.74. The average molecular weight is 188 g/mol. The number of thioether (sulfide) groups is 1. The summed E-state index contributed by atoms with van der Waals surface area (Å²) >= 11 is 2.10. The molecule has 0 heterocycles. The number of hydrogen-bond acceptors (Lipinski definition) is 1. The van der Waals surface area contributed by atoms with E-state index in [2.05, 4.69) is 39.5 Å². The fraction of sp³-hybridized carbons (Fsp3) is 1.00. The van der Waals surface area contributed by atoms with Gasteiger partial charge in [0.15, 0.2) is 0 Å². The van der Waals surface area contributed by atoms with Gasteiger partial charge >= 0.3 is 0 Å². The Kier molecular flexibility index (Phi) is 8.20. The molecule has 0 spiro atoms. The second-order valence-corrected chi connectivity index (χ2v) is 5.28. The van der Waals surface area contributed by atoms with Crippen molar-refractivity contribution >= 4 is 11.8 Å². The van der Waals surface area contributed by atoms with Gasteiger partial charge in [-0.2, -0.15) is 11.8 Å². The van der Waals surface area contributed by atoms with Gasteiger partial charge in [-0.3, -0.25) is 0 Å². The predicted octanol–water partition coefficient (Wildman–Crippen LogP) is 4.34. The molecule has 0 aliphatic heterocycles. The zero-order chi connectivity index (χ0) is 9.40. The Labute approximate surface area is 82.5 Å². The molecule has 0 bridgehead atoms. The number of rotatable bonds is 7. The van der Waals surface area contributed by atoms with Crippen LogP contribution in [0.25, 0.3) is 0 Å². The molecule has 0 N–H and O–H groups in total. The Hall–Kier alpha value is 0.350. The van der Waals surface area contributed by atoms with E-state index in [4.69, 9.17) is 0 Å². The molecule has 0 nitrogen and oxygen atoms in total. The van der Waals surface area contributed by atoms with Crippen molar-refractivity contribution in [1.29, 1.82) is 0 Å². The predicted molar refractivity (Wildman–Crippen MR) is 60.9 cm³/mol. The molecule has 0 aromatic rings. The van der Waals surface area contributed by atoms with Gasteiger partial charge in [0, 0.05) is 5.25 Å². The highest BCUT2D eigenvalue weighted by molar-refractivity contribution is 7.99. The molecule has 0 rings (SSSR count). The topological polar surface area (TPSA) is 0 Å². The largest absolute Gasteiger partial charge is 0.159 e. The molecule has 0 saturated heterocycles. The summed E-state index contributed by atoms with van der Waals surface area (Å²) in [6.45, 7) is 9.23. The fourth-order valence-electron chi connectivity index (χ4n) is 1.72. The molecule has 2 unspecified atom stereocenters. The molecular formula is C11H24S. The van der Waals surface area contributed by atoms with Crippen LogP contribution in [0, 0.1) is 5.92 Å². The second kappa shape index (κ2) is 7.97. The summed E-state index contributed by atoms with van der Waals surface area (Å²) < 4.78 is 0. The van der Waals surface area contributed by atoms with Gasteiger partial charge in [0.25, 0.3) is 0 Å². The van der Waals surface area contributed by atoms with E-state index in [1.54, 1.807) is 0 Å². The lowest BCUT2D eigenvalue weighted by Gasteiger charge is -2.18. The van der Waals surface area contributed by atoms with Crippen molar-refractivity contribution in [3.8, 4) is 0 Å². The van der Waals surface area contributed by atoms with Crippen LogP contribution in [0.3, 0.4) is 0 Å². The molecule has 0 fully saturated rings. The monoisotopic (exact) mass is 188 g/mol. The van der Waals surface area contributed by atoms with Gasteiger partial charge in [-0.25, -0.2) is 0 Å². The molecule has 0 aliphatic rings. The summed E-state index contributed by atoms with van der Waals surface area (Å²) in [5, 5.41) is 0.867. The fourth-order valence-corrected chi connectivity index (χ4v) is 2.70. The van der Waals surface area contributed by atoms with Crippen molar-refractivity contribution in [1.82, 2.24) is 0 Å². The van der Waals surface area contributed by atoms with Gasteiger partial charge in [0.2, 0.25) is 0 Å². The minimum atomic E-state index is 0.867. The lowest BCUT2D eigenvalue weighted by Crippen LogP contribution is -2.07. The molecule has 0 amide bonds. The van der Waals surface area contributed by atoms with Gasteiger partial charge < -0.3 is 0 Å². The SMILES string of the molecule is CCCC(CC)CC(C)SCC. The van der Waals surface area contributed by atoms with E-state index in [0.29, 0.717) is 0 Å². The highest BCUT2D eigenvalue weighted by atomic mass is 32.2. The zero-order valence-corrected chi connectivity index (χ0v) is 9.91. The smallest absolute Gasteiger partial charge is 0.00212 e. The van der Waals surface area contributed by atoms with Gasteiger partial charge in [-0.1, -0.05) is 47.0 Å². The Balaban J connectivity index is 3.53. The van der Waals surface area contributed by atoms with Crippen molar-refractivity contribution in [3.05, 3.63) is 0 Å². The quantitative estimate of drug-likeness (QED) is 0.572. The summed E-state index contributed by atoms with van der Waals surface area (Å²) in [6, 6.07) is 0. The van der Waals surface area contributed by atoms with Crippen molar-refractivity contribution in [2.75, 3.05) is 5.75 Å². The zero-order valence-electron chi connectivity index (χ0n) is 9.10. The minimum absolute atomic E-state index is 0.867. The maximum absolute atomic E-state index is 2.37. The standard InChI is InChI=1S/C11H24S/c1-5-8-11(6-2)9-10(4)12-7-3/h10-11H,5-9H2,1-4H3. The molecule has 12 heavy (non-hydrogen) atoms. The van der Waals surface area contributed by atoms with E-state index in [-0.39, 0.29) is 0 Å². The first kappa shape index (κ1) is 12.3. The van der Waals surface area contributed by atoms with Crippen LogP contribution >= 0.6 is 11.8 Å². The Morgan fingerprint density at radius 1 is 1.17 bits per heavy atom. The first-order valence-electron chi connectivity index (χ1n) is 5.36. The van der Waals surface area contributed by atoms with Crippen molar-refractivity contribution in [2.24, 2.45) is 5.92 Å². The molecule has 0 aliphatic carbocycles. The molecule has 74 valence electrons. The average Bonchev–Trinajstić information content (AvgIpc) is 2.04. The molecule has 0 saturated carbocycles. The Morgan fingerprint density at radius 2 is 1.83 bits per heavy atom. The van der Waals surface area contributed by atoms with Gasteiger partial charge in [-0.05, 0) is 18.1 Å². The molecular weight excluding hydrogens is 164 g/mol. The van der Waals surface area contributed by atoms with Gasteiger partial charge in [-0.15, -0.1) is 0 Å². The van der Waals surface area contributed by atoms with Crippen molar-refractivity contribution in [2.45, 2.75) is 58.6 Å². The first-order valence-corrected chi connectivity index (χ1v) is 6.40. The van der Waals surface area contributed by atoms with Crippen LogP contribution in [0.2, 0.25) is 0 Å². The second-order valence-electron chi connectivity index (χ2n) is 3.56. The summed E-state index contributed by atoms with van der Waals surface area (Å²) in [7, 11) is 0. The Morgan fingerprint density at radius 3 is 2.25 bits per heavy atom. The van der Waals surface area contributed by atoms with E-state index in [1.165, 1.54) is 31.4 Å². The molecule has 0 aromatic heterocycles. The number of hydrogen-bond donors (Lipinski definition) is 0. The van der Waals surface area contributed by atoms with E-state index in [0.717, 1.165) is 11.2 Å². The summed E-state index contributed by atoms with van der Waals surface area (Å²) in [6.07, 6.45) is 5.55. The van der Waals surface area contributed by atoms with E-state index >= 15 is 0 Å². The molecule has 2 atom stereocenters. The maximum Gasteiger partial charge on any atom is 0.00212 e. The lowest BCUT2D eigenvalue weighted by molar-refractivity contribution is 0.432. The van der Waals surface area contributed by atoms with Crippen LogP contribution in [0.1, 0.15) is 53.4 Å². The third-order valence-corrected chi connectivity index (χ3v) is 3.49. The van der Waals surface area contributed by atoms with Crippen LogP contribution in [-0.2, 0) is 0 Å². The van der Waals surface area contributed by atoms with Crippen LogP contribution in [0.15, 0.2) is 0 Å². The van der Waals surface area contributed by atoms with Crippen LogP contribution in [0.5, 0.6) is 0 Å². The van der Waals surface area contributed by atoms with Crippen LogP contribution in [0.4, 0.5) is 0 Å². The molecule has 0 radical (unpaired) electrons. The van der Waals surface area contributed by atoms with Crippen LogP contribution < -0.4 is 0 Å². The minimum Gasteiger partial charge on any atom is -0.159 e. The summed E-state index contributed by atoms with van der Waals surface area (Å²) in [5.41, 5.74) is 0. The molecule has 0 aromatic carbocycles. The van der Waals surface area contributed by atoms with Gasteiger partial charge in [0.05, 0.1) is 0 Å². The van der Waals surface area contributed by atoms with Crippen molar-refractivity contribution < 1.29 is 0 Å². The highest BCUT2D eigenvalue weighted by Gasteiger charge is 2.09. The lowest BCUT2D eigenvalue weighted by atomic mass is 9.96. The normalized spacial score (nSPS) is 16.0. The Bertz CT molecular complexity index is 91.0. The third kappa shape index (κ3) is 5.93. The van der Waals surface area contributed by atoms with E-state index in [9.17, 15) is 0 Å².